The van der Waals surface area contributed by atoms with Crippen LogP contribution in [0.4, 0.5) is 0 Å². The van der Waals surface area contributed by atoms with Gasteiger partial charge in [0.1, 0.15) is 5.75 Å². The molecule has 0 spiro atoms. The molecule has 0 aromatic heterocycles. The molecule has 0 aliphatic heterocycles. The maximum Gasteiger partial charge on any atom is 0.123 e. The number of hydrogen-bond acceptors (Lipinski definition) is 2. The summed E-state index contributed by atoms with van der Waals surface area (Å²) < 4.78 is 5.28. The SMILES string of the molecule is C=C[C@@](C)(c1ccccc1OC)[C@H](C)O. The Balaban J connectivity index is 3.29. The molecule has 2 nitrogen and oxygen atoms in total. The molecule has 0 saturated carbocycles. The van der Waals surface area contributed by atoms with E-state index in [2.05, 4.69) is 6.58 Å². The van der Waals surface area contributed by atoms with Crippen LogP contribution < -0.4 is 4.74 Å². The topological polar surface area (TPSA) is 29.5 Å². The highest BCUT2D eigenvalue weighted by molar-refractivity contribution is 5.42. The van der Waals surface area contributed by atoms with Crippen molar-refractivity contribution in [1.82, 2.24) is 0 Å². The highest BCUT2D eigenvalue weighted by Gasteiger charge is 2.31. The third kappa shape index (κ3) is 2.05. The summed E-state index contributed by atoms with van der Waals surface area (Å²) in [7, 11) is 1.63. The summed E-state index contributed by atoms with van der Waals surface area (Å²) in [5.41, 5.74) is 0.476. The number of benzene rings is 1. The van der Waals surface area contributed by atoms with Crippen molar-refractivity contribution < 1.29 is 9.84 Å². The summed E-state index contributed by atoms with van der Waals surface area (Å²) in [4.78, 5) is 0. The van der Waals surface area contributed by atoms with Crippen molar-refractivity contribution in [2.24, 2.45) is 0 Å². The lowest BCUT2D eigenvalue weighted by atomic mass is 9.78. The van der Waals surface area contributed by atoms with Crippen LogP contribution in [0.3, 0.4) is 0 Å². The van der Waals surface area contributed by atoms with Crippen LogP contribution in [0.1, 0.15) is 19.4 Å². The molecule has 0 unspecified atom stereocenters. The van der Waals surface area contributed by atoms with E-state index in [1.807, 2.05) is 31.2 Å². The van der Waals surface area contributed by atoms with Gasteiger partial charge in [-0.2, -0.15) is 0 Å². The van der Waals surface area contributed by atoms with Crippen LogP contribution in [0.5, 0.6) is 5.75 Å². The standard InChI is InChI=1S/C13H18O2/c1-5-13(3,10(2)14)11-8-6-7-9-12(11)15-4/h5-10,14H,1H2,2-4H3/t10-,13+/m0/s1. The first-order valence-electron chi connectivity index (χ1n) is 5.01. The Morgan fingerprint density at radius 1 is 1.47 bits per heavy atom. The average Bonchev–Trinajstić information content (AvgIpc) is 2.27. The van der Waals surface area contributed by atoms with Gasteiger partial charge in [-0.1, -0.05) is 24.3 Å². The second-order valence-corrected chi connectivity index (χ2v) is 3.86. The van der Waals surface area contributed by atoms with Crippen molar-refractivity contribution in [2.75, 3.05) is 7.11 Å². The minimum absolute atomic E-state index is 0.480. The molecule has 1 aromatic carbocycles. The minimum Gasteiger partial charge on any atom is -0.496 e. The van der Waals surface area contributed by atoms with Gasteiger partial charge < -0.3 is 9.84 Å². The van der Waals surface area contributed by atoms with Gasteiger partial charge in [0.2, 0.25) is 0 Å². The van der Waals surface area contributed by atoms with Crippen molar-refractivity contribution in [3.8, 4) is 5.75 Å². The molecule has 2 atom stereocenters. The summed E-state index contributed by atoms with van der Waals surface area (Å²) in [6.45, 7) is 7.50. The molecular weight excluding hydrogens is 188 g/mol. The first-order valence-corrected chi connectivity index (χ1v) is 5.01. The van der Waals surface area contributed by atoms with Gasteiger partial charge in [-0.15, -0.1) is 6.58 Å². The van der Waals surface area contributed by atoms with E-state index in [-0.39, 0.29) is 0 Å². The second kappa shape index (κ2) is 4.49. The Labute approximate surface area is 91.2 Å². The molecule has 0 bridgehead atoms. The number of rotatable bonds is 4. The quantitative estimate of drug-likeness (QED) is 0.767. The summed E-state index contributed by atoms with van der Waals surface area (Å²) in [5, 5.41) is 9.82. The van der Waals surface area contributed by atoms with E-state index in [1.54, 1.807) is 20.1 Å². The number of ether oxygens (including phenoxy) is 1. The Kier molecular flexibility index (Phi) is 3.53. The number of para-hydroxylation sites is 1. The van der Waals surface area contributed by atoms with Crippen LogP contribution >= 0.6 is 0 Å². The lowest BCUT2D eigenvalue weighted by Crippen LogP contribution is -2.32. The van der Waals surface area contributed by atoms with E-state index in [1.165, 1.54) is 0 Å². The number of methoxy groups -OCH3 is 1. The third-order valence-corrected chi connectivity index (χ3v) is 2.98. The zero-order valence-electron chi connectivity index (χ0n) is 9.53. The lowest BCUT2D eigenvalue weighted by molar-refractivity contribution is 0.132. The largest absolute Gasteiger partial charge is 0.496 e. The molecule has 82 valence electrons. The lowest BCUT2D eigenvalue weighted by Gasteiger charge is -2.30. The van der Waals surface area contributed by atoms with E-state index in [9.17, 15) is 5.11 Å². The third-order valence-electron chi connectivity index (χ3n) is 2.98. The molecule has 0 amide bonds. The van der Waals surface area contributed by atoms with Crippen LogP contribution in [0.25, 0.3) is 0 Å². The van der Waals surface area contributed by atoms with Gasteiger partial charge in [-0.25, -0.2) is 0 Å². The average molecular weight is 206 g/mol. The maximum atomic E-state index is 9.82. The van der Waals surface area contributed by atoms with Gasteiger partial charge in [0.15, 0.2) is 0 Å². The first-order chi connectivity index (χ1) is 7.06. The Morgan fingerprint density at radius 2 is 2.07 bits per heavy atom. The van der Waals surface area contributed by atoms with E-state index in [0.29, 0.717) is 0 Å². The molecule has 0 radical (unpaired) electrons. The number of aliphatic hydroxyl groups excluding tert-OH is 1. The van der Waals surface area contributed by atoms with Crippen molar-refractivity contribution >= 4 is 0 Å². The van der Waals surface area contributed by atoms with Crippen LogP contribution in [0.2, 0.25) is 0 Å². The van der Waals surface area contributed by atoms with Crippen LogP contribution in [0.15, 0.2) is 36.9 Å². The highest BCUT2D eigenvalue weighted by Crippen LogP contribution is 2.35. The molecule has 0 aliphatic rings. The number of hydrogen-bond donors (Lipinski definition) is 1. The van der Waals surface area contributed by atoms with Crippen molar-refractivity contribution in [1.29, 1.82) is 0 Å². The predicted octanol–water partition coefficient (Wildman–Crippen LogP) is 2.52. The van der Waals surface area contributed by atoms with E-state index < -0.39 is 11.5 Å². The molecule has 0 heterocycles. The summed E-state index contributed by atoms with van der Waals surface area (Å²) >= 11 is 0. The maximum absolute atomic E-state index is 9.82. The normalized spacial score (nSPS) is 16.5. The Bertz CT molecular complexity index is 344. The fourth-order valence-electron chi connectivity index (χ4n) is 1.60. The van der Waals surface area contributed by atoms with Crippen molar-refractivity contribution in [3.05, 3.63) is 42.5 Å². The zero-order chi connectivity index (χ0) is 11.5. The van der Waals surface area contributed by atoms with Gasteiger partial charge in [0.25, 0.3) is 0 Å². The van der Waals surface area contributed by atoms with Crippen molar-refractivity contribution in [2.45, 2.75) is 25.4 Å². The summed E-state index contributed by atoms with van der Waals surface area (Å²) in [6, 6.07) is 7.68. The molecule has 1 rings (SSSR count). The zero-order valence-corrected chi connectivity index (χ0v) is 9.53. The smallest absolute Gasteiger partial charge is 0.123 e. The fourth-order valence-corrected chi connectivity index (χ4v) is 1.60. The highest BCUT2D eigenvalue weighted by atomic mass is 16.5. The molecule has 0 aliphatic carbocycles. The minimum atomic E-state index is -0.508. The molecule has 0 fully saturated rings. The van der Waals surface area contributed by atoms with Gasteiger partial charge in [0.05, 0.1) is 13.2 Å². The molecule has 15 heavy (non-hydrogen) atoms. The van der Waals surface area contributed by atoms with Gasteiger partial charge in [0, 0.05) is 11.0 Å². The Morgan fingerprint density at radius 3 is 2.53 bits per heavy atom. The summed E-state index contributed by atoms with van der Waals surface area (Å²) in [6.07, 6.45) is 1.25. The van der Waals surface area contributed by atoms with Gasteiger partial charge in [-0.05, 0) is 19.9 Å². The second-order valence-electron chi connectivity index (χ2n) is 3.86. The summed E-state index contributed by atoms with van der Waals surface area (Å²) in [5.74, 6) is 0.779. The van der Waals surface area contributed by atoms with Gasteiger partial charge >= 0.3 is 0 Å². The monoisotopic (exact) mass is 206 g/mol. The van der Waals surface area contributed by atoms with E-state index in [0.717, 1.165) is 11.3 Å². The molecule has 0 saturated heterocycles. The predicted molar refractivity (Wildman–Crippen MR) is 62.2 cm³/mol. The van der Waals surface area contributed by atoms with E-state index in [4.69, 9.17) is 4.74 Å². The van der Waals surface area contributed by atoms with E-state index >= 15 is 0 Å². The van der Waals surface area contributed by atoms with Crippen LogP contribution in [0, 0.1) is 0 Å². The molecule has 1 N–H and O–H groups in total. The van der Waals surface area contributed by atoms with Crippen molar-refractivity contribution in [3.63, 3.8) is 0 Å². The molecule has 1 aromatic rings. The van der Waals surface area contributed by atoms with Gasteiger partial charge in [-0.3, -0.25) is 0 Å². The number of aliphatic hydroxyl groups is 1. The molecule has 2 heteroatoms. The van der Waals surface area contributed by atoms with Crippen LogP contribution in [-0.2, 0) is 5.41 Å². The molecular formula is C13H18O2. The van der Waals surface area contributed by atoms with Crippen LogP contribution in [-0.4, -0.2) is 18.3 Å². The Hall–Kier alpha value is -1.28. The first kappa shape index (κ1) is 11.8. The fraction of sp³-hybridized carbons (Fsp3) is 0.385.